The monoisotopic (exact) mass is 268 g/mol. The Hall–Kier alpha value is -1.98. The second kappa shape index (κ2) is 4.60. The summed E-state index contributed by atoms with van der Waals surface area (Å²) in [7, 11) is 1.60. The van der Waals surface area contributed by atoms with Crippen molar-refractivity contribution in [1.82, 2.24) is 4.90 Å². The molecule has 102 valence electrons. The number of nitrogens with one attached hydrogen (secondary N) is 1. The SMILES string of the molecule is CN1CCC(C)(C(=O)Nc2cccc(F)c2F)C1=O. The van der Waals surface area contributed by atoms with Crippen molar-refractivity contribution in [1.29, 1.82) is 0 Å². The minimum Gasteiger partial charge on any atom is -0.345 e. The Kier molecular flexibility index (Phi) is 3.26. The third kappa shape index (κ3) is 2.18. The van der Waals surface area contributed by atoms with Crippen LogP contribution in [-0.4, -0.2) is 30.3 Å². The van der Waals surface area contributed by atoms with Crippen LogP contribution in [-0.2, 0) is 9.59 Å². The van der Waals surface area contributed by atoms with Crippen LogP contribution in [0.5, 0.6) is 0 Å². The molecule has 1 unspecified atom stereocenters. The molecule has 1 aromatic carbocycles. The van der Waals surface area contributed by atoms with Gasteiger partial charge in [-0.2, -0.15) is 0 Å². The highest BCUT2D eigenvalue weighted by Gasteiger charge is 2.47. The number of halogens is 2. The van der Waals surface area contributed by atoms with Crippen molar-refractivity contribution in [3.8, 4) is 0 Å². The second-order valence-electron chi connectivity index (χ2n) is 4.86. The zero-order valence-electron chi connectivity index (χ0n) is 10.7. The Morgan fingerprint density at radius 1 is 1.42 bits per heavy atom. The number of nitrogens with zero attached hydrogens (tertiary/aromatic N) is 1. The first kappa shape index (κ1) is 13.5. The summed E-state index contributed by atoms with van der Waals surface area (Å²) in [6.45, 7) is 1.97. The van der Waals surface area contributed by atoms with E-state index in [0.717, 1.165) is 6.07 Å². The Morgan fingerprint density at radius 3 is 2.68 bits per heavy atom. The van der Waals surface area contributed by atoms with Gasteiger partial charge in [0.05, 0.1) is 5.69 Å². The average molecular weight is 268 g/mol. The van der Waals surface area contributed by atoms with E-state index in [2.05, 4.69) is 5.32 Å². The maximum absolute atomic E-state index is 13.5. The number of hydrogen-bond donors (Lipinski definition) is 1. The first-order chi connectivity index (χ1) is 8.86. The number of carbonyl (C=O) groups is 2. The summed E-state index contributed by atoms with van der Waals surface area (Å²) in [6.07, 6.45) is 0.352. The van der Waals surface area contributed by atoms with Gasteiger partial charge < -0.3 is 10.2 Å². The van der Waals surface area contributed by atoms with Crippen molar-refractivity contribution in [2.75, 3.05) is 18.9 Å². The molecule has 2 rings (SSSR count). The normalized spacial score (nSPS) is 22.7. The van der Waals surface area contributed by atoms with Crippen molar-refractivity contribution in [3.05, 3.63) is 29.8 Å². The molecule has 1 aliphatic heterocycles. The molecule has 1 N–H and O–H groups in total. The molecule has 0 radical (unpaired) electrons. The predicted molar refractivity (Wildman–Crippen MR) is 65.3 cm³/mol. The smallest absolute Gasteiger partial charge is 0.239 e. The lowest BCUT2D eigenvalue weighted by atomic mass is 9.87. The summed E-state index contributed by atoms with van der Waals surface area (Å²) >= 11 is 0. The van der Waals surface area contributed by atoms with E-state index < -0.39 is 23.0 Å². The maximum Gasteiger partial charge on any atom is 0.239 e. The fourth-order valence-corrected chi connectivity index (χ4v) is 2.09. The highest BCUT2D eigenvalue weighted by molar-refractivity contribution is 6.11. The molecule has 2 amide bonds. The van der Waals surface area contributed by atoms with Crippen molar-refractivity contribution in [2.45, 2.75) is 13.3 Å². The van der Waals surface area contributed by atoms with E-state index in [9.17, 15) is 18.4 Å². The standard InChI is InChI=1S/C13H14F2N2O2/c1-13(6-7-17(2)12(13)19)11(18)16-9-5-3-4-8(14)10(9)15/h3-5H,6-7H2,1-2H3,(H,16,18). The number of carbonyl (C=O) groups excluding carboxylic acids is 2. The molecular weight excluding hydrogens is 254 g/mol. The molecule has 1 aliphatic rings. The topological polar surface area (TPSA) is 49.4 Å². The van der Waals surface area contributed by atoms with Gasteiger partial charge in [0, 0.05) is 13.6 Å². The molecule has 6 heteroatoms. The van der Waals surface area contributed by atoms with Crippen LogP contribution in [0.2, 0.25) is 0 Å². The van der Waals surface area contributed by atoms with Gasteiger partial charge in [-0.3, -0.25) is 9.59 Å². The van der Waals surface area contributed by atoms with E-state index in [4.69, 9.17) is 0 Å². The van der Waals surface area contributed by atoms with E-state index >= 15 is 0 Å². The van der Waals surface area contributed by atoms with Gasteiger partial charge in [0.1, 0.15) is 5.41 Å². The molecule has 0 aliphatic carbocycles. The molecule has 4 nitrogen and oxygen atoms in total. The molecule has 1 heterocycles. The van der Waals surface area contributed by atoms with Crippen molar-refractivity contribution in [2.24, 2.45) is 5.41 Å². The largest absolute Gasteiger partial charge is 0.345 e. The lowest BCUT2D eigenvalue weighted by Crippen LogP contribution is -2.40. The molecular formula is C13H14F2N2O2. The van der Waals surface area contributed by atoms with E-state index in [1.165, 1.54) is 24.0 Å². The van der Waals surface area contributed by atoms with Gasteiger partial charge in [0.25, 0.3) is 0 Å². The molecule has 1 fully saturated rings. The van der Waals surface area contributed by atoms with E-state index in [1.807, 2.05) is 0 Å². The lowest BCUT2D eigenvalue weighted by molar-refractivity contribution is -0.141. The first-order valence-electron chi connectivity index (χ1n) is 5.87. The molecule has 1 aromatic rings. The predicted octanol–water partition coefficient (Wildman–Crippen LogP) is 1.77. The van der Waals surface area contributed by atoms with Gasteiger partial charge in [-0.25, -0.2) is 8.78 Å². The van der Waals surface area contributed by atoms with Crippen LogP contribution in [0.3, 0.4) is 0 Å². The summed E-state index contributed by atoms with van der Waals surface area (Å²) in [6, 6.07) is 3.50. The molecule has 1 saturated heterocycles. The van der Waals surface area contributed by atoms with Gasteiger partial charge in [0.2, 0.25) is 11.8 Å². The highest BCUT2D eigenvalue weighted by Crippen LogP contribution is 2.32. The molecule has 0 aromatic heterocycles. The summed E-state index contributed by atoms with van der Waals surface area (Å²) in [4.78, 5) is 25.5. The quantitative estimate of drug-likeness (QED) is 0.831. The molecule has 19 heavy (non-hydrogen) atoms. The number of hydrogen-bond acceptors (Lipinski definition) is 2. The van der Waals surface area contributed by atoms with Crippen LogP contribution in [0.4, 0.5) is 14.5 Å². The van der Waals surface area contributed by atoms with Crippen molar-refractivity contribution in [3.63, 3.8) is 0 Å². The minimum atomic E-state index is -1.23. The van der Waals surface area contributed by atoms with Gasteiger partial charge in [0.15, 0.2) is 11.6 Å². The Bertz CT molecular complexity index is 547. The highest BCUT2D eigenvalue weighted by atomic mass is 19.2. The van der Waals surface area contributed by atoms with Gasteiger partial charge >= 0.3 is 0 Å². The number of anilines is 1. The maximum atomic E-state index is 13.5. The Balaban J connectivity index is 2.22. The summed E-state index contributed by atoms with van der Waals surface area (Å²) in [5.41, 5.74) is -1.48. The van der Waals surface area contributed by atoms with Crippen molar-refractivity contribution >= 4 is 17.5 Å². The van der Waals surface area contributed by atoms with E-state index in [-0.39, 0.29) is 11.6 Å². The van der Waals surface area contributed by atoms with Gasteiger partial charge in [-0.15, -0.1) is 0 Å². The zero-order valence-corrected chi connectivity index (χ0v) is 10.7. The molecule has 0 saturated carbocycles. The number of rotatable bonds is 2. The zero-order chi connectivity index (χ0) is 14.2. The van der Waals surface area contributed by atoms with Crippen LogP contribution < -0.4 is 5.32 Å². The Labute approximate surface area is 109 Å². The molecule has 1 atom stereocenters. The molecule has 0 bridgehead atoms. The van der Waals surface area contributed by atoms with Crippen LogP contribution in [0.1, 0.15) is 13.3 Å². The summed E-state index contributed by atoms with van der Waals surface area (Å²) < 4.78 is 26.5. The Morgan fingerprint density at radius 2 is 2.11 bits per heavy atom. The fraction of sp³-hybridized carbons (Fsp3) is 0.385. The van der Waals surface area contributed by atoms with Crippen molar-refractivity contribution < 1.29 is 18.4 Å². The minimum absolute atomic E-state index is 0.256. The lowest BCUT2D eigenvalue weighted by Gasteiger charge is -2.21. The van der Waals surface area contributed by atoms with Gasteiger partial charge in [-0.1, -0.05) is 6.07 Å². The van der Waals surface area contributed by atoms with Gasteiger partial charge in [-0.05, 0) is 25.5 Å². The van der Waals surface area contributed by atoms with Crippen LogP contribution >= 0.6 is 0 Å². The first-order valence-corrected chi connectivity index (χ1v) is 5.87. The third-order valence-electron chi connectivity index (χ3n) is 3.47. The second-order valence-corrected chi connectivity index (χ2v) is 4.86. The number of amides is 2. The summed E-state index contributed by atoms with van der Waals surface area (Å²) in [5.74, 6) is -3.11. The number of likely N-dealkylation sites (tertiary alicyclic amines) is 1. The fourth-order valence-electron chi connectivity index (χ4n) is 2.09. The molecule has 0 spiro atoms. The van der Waals surface area contributed by atoms with E-state index in [1.54, 1.807) is 7.05 Å². The summed E-state index contributed by atoms with van der Waals surface area (Å²) in [5, 5.41) is 2.28. The van der Waals surface area contributed by atoms with Crippen LogP contribution in [0.15, 0.2) is 18.2 Å². The number of benzene rings is 1. The van der Waals surface area contributed by atoms with E-state index in [0.29, 0.717) is 13.0 Å². The van der Waals surface area contributed by atoms with Crippen LogP contribution in [0, 0.1) is 17.0 Å². The van der Waals surface area contributed by atoms with Crippen LogP contribution in [0.25, 0.3) is 0 Å². The average Bonchev–Trinajstić information content (AvgIpc) is 2.64. The third-order valence-corrected chi connectivity index (χ3v) is 3.47.